The average molecular weight is 501 g/mol. The lowest BCUT2D eigenvalue weighted by Crippen LogP contribution is -2.54. The van der Waals surface area contributed by atoms with Gasteiger partial charge in [-0.3, -0.25) is 9.69 Å². The molecule has 0 unspecified atom stereocenters. The van der Waals surface area contributed by atoms with E-state index >= 15 is 0 Å². The molecule has 3 aromatic rings. The van der Waals surface area contributed by atoms with E-state index in [0.717, 1.165) is 16.8 Å². The van der Waals surface area contributed by atoms with Crippen LogP contribution in [0.3, 0.4) is 0 Å². The molecule has 11 heteroatoms. The first kappa shape index (κ1) is 24.9. The van der Waals surface area contributed by atoms with E-state index in [4.69, 9.17) is 9.47 Å². The van der Waals surface area contributed by atoms with Crippen LogP contribution in [-0.2, 0) is 6.61 Å². The van der Waals surface area contributed by atoms with Crippen LogP contribution in [0.15, 0.2) is 34.5 Å². The monoisotopic (exact) mass is 500 g/mol. The maximum absolute atomic E-state index is 13.4. The zero-order chi connectivity index (χ0) is 25.3. The number of methoxy groups -OCH3 is 1. The molecule has 0 atom stereocenters. The van der Waals surface area contributed by atoms with Crippen LogP contribution in [0.25, 0.3) is 23.0 Å². The van der Waals surface area contributed by atoms with Gasteiger partial charge in [0.25, 0.3) is 5.91 Å². The summed E-state index contributed by atoms with van der Waals surface area (Å²) in [5.41, 5.74) is 4.43. The molecule has 2 aromatic heterocycles. The van der Waals surface area contributed by atoms with Crippen molar-refractivity contribution in [3.8, 4) is 28.4 Å². The number of aromatic nitrogens is 2. The Morgan fingerprint density at radius 2 is 2.14 bits per heavy atom. The Labute approximate surface area is 206 Å². The number of carbonyl (C=O) groups is 1. The Morgan fingerprint density at radius 1 is 1.37 bits per heavy atom. The lowest BCUT2D eigenvalue weighted by Gasteiger charge is -2.30. The molecule has 0 radical (unpaired) electrons. The topological polar surface area (TPSA) is 129 Å². The molecule has 0 saturated heterocycles. The Morgan fingerprint density at radius 3 is 2.74 bits per heavy atom. The number of ether oxygens (including phenoxy) is 2. The summed E-state index contributed by atoms with van der Waals surface area (Å²) in [6.45, 7) is 4.04. The fraction of sp³-hybridized carbons (Fsp3) is 0.333. The van der Waals surface area contributed by atoms with Gasteiger partial charge in [-0.15, -0.1) is 0 Å². The van der Waals surface area contributed by atoms with Gasteiger partial charge in [-0.05, 0) is 38.4 Å². The SMILES string of the molecule is CNCCN(C(=O)c1nn(-c2ccsc2)c2c1COc1cc(OC)c(C=C(C)C)cc1-2)C(O)(O)O. The van der Waals surface area contributed by atoms with Crippen molar-refractivity contribution >= 4 is 23.3 Å². The molecule has 0 fully saturated rings. The maximum Gasteiger partial charge on any atom is 0.372 e. The number of nitrogens with zero attached hydrogens (tertiary/aromatic N) is 3. The molecule has 0 aliphatic carbocycles. The zero-order valence-electron chi connectivity index (χ0n) is 19.9. The third-order valence-electron chi connectivity index (χ3n) is 5.53. The van der Waals surface area contributed by atoms with Crippen molar-refractivity contribution in [2.45, 2.75) is 26.6 Å². The number of carbonyl (C=O) groups excluding carboxylic acids is 1. The van der Waals surface area contributed by atoms with Gasteiger partial charge < -0.3 is 30.1 Å². The van der Waals surface area contributed by atoms with Crippen LogP contribution in [0.4, 0.5) is 0 Å². The molecule has 0 spiro atoms. The van der Waals surface area contributed by atoms with Gasteiger partial charge in [-0.2, -0.15) is 16.4 Å². The standard InChI is InChI=1S/C24H28N4O6S/c1-14(2)9-15-10-17-20(11-19(15)33-4)34-12-18-21(23(29)27(7-6-25-3)24(30,31)32)26-28(22(17)18)16-5-8-35-13-16/h5,8-11,13,25,30-32H,6-7,12H2,1-4H3. The van der Waals surface area contributed by atoms with Crippen LogP contribution in [0.1, 0.15) is 35.5 Å². The summed E-state index contributed by atoms with van der Waals surface area (Å²) in [4.78, 5) is 14.0. The van der Waals surface area contributed by atoms with Gasteiger partial charge in [0.05, 0.1) is 18.5 Å². The van der Waals surface area contributed by atoms with Crippen molar-refractivity contribution in [1.29, 1.82) is 0 Å². The lowest BCUT2D eigenvalue weighted by atomic mass is 9.98. The third kappa shape index (κ3) is 4.81. The van der Waals surface area contributed by atoms with Crippen LogP contribution in [0.5, 0.6) is 11.5 Å². The number of benzene rings is 1. The van der Waals surface area contributed by atoms with Crippen molar-refractivity contribution in [1.82, 2.24) is 20.0 Å². The fourth-order valence-electron chi connectivity index (χ4n) is 3.97. The molecule has 10 nitrogen and oxygen atoms in total. The number of likely N-dealkylation sites (N-methyl/N-ethyl adjacent to an activating group) is 1. The van der Waals surface area contributed by atoms with E-state index in [0.29, 0.717) is 33.2 Å². The Bertz CT molecular complexity index is 1260. The first-order chi connectivity index (χ1) is 16.7. The Hall–Kier alpha value is -3.22. The van der Waals surface area contributed by atoms with Gasteiger partial charge in [0, 0.05) is 41.2 Å². The quantitative estimate of drug-likeness (QED) is 0.347. The van der Waals surface area contributed by atoms with Gasteiger partial charge in [0.2, 0.25) is 0 Å². The molecule has 3 heterocycles. The van der Waals surface area contributed by atoms with E-state index in [1.807, 2.05) is 42.8 Å². The number of hydrogen-bond acceptors (Lipinski definition) is 9. The van der Waals surface area contributed by atoms with Gasteiger partial charge in [-0.1, -0.05) is 11.6 Å². The van der Waals surface area contributed by atoms with E-state index in [-0.39, 0.29) is 25.4 Å². The molecule has 1 aliphatic heterocycles. The molecule has 4 rings (SSSR count). The van der Waals surface area contributed by atoms with E-state index in [1.54, 1.807) is 24.9 Å². The highest BCUT2D eigenvalue weighted by Gasteiger charge is 2.39. The first-order valence-corrected chi connectivity index (χ1v) is 11.9. The molecule has 1 amide bonds. The minimum absolute atomic E-state index is 0.0217. The largest absolute Gasteiger partial charge is 0.496 e. The number of aliphatic hydroxyl groups is 3. The number of rotatable bonds is 8. The van der Waals surface area contributed by atoms with Crippen molar-refractivity contribution in [2.75, 3.05) is 27.2 Å². The summed E-state index contributed by atoms with van der Waals surface area (Å²) in [5.74, 6) is 0.377. The minimum Gasteiger partial charge on any atom is -0.496 e. The van der Waals surface area contributed by atoms with Gasteiger partial charge in [0.1, 0.15) is 18.1 Å². The van der Waals surface area contributed by atoms with Crippen LogP contribution >= 0.6 is 11.3 Å². The van der Waals surface area contributed by atoms with Crippen LogP contribution in [0, 0.1) is 0 Å². The van der Waals surface area contributed by atoms with Crippen molar-refractivity contribution < 1.29 is 29.6 Å². The van der Waals surface area contributed by atoms with Crippen LogP contribution in [0.2, 0.25) is 0 Å². The summed E-state index contributed by atoms with van der Waals surface area (Å²) in [6, 6.07) is 5.60. The van der Waals surface area contributed by atoms with Crippen LogP contribution in [-0.4, -0.2) is 69.3 Å². The van der Waals surface area contributed by atoms with Crippen LogP contribution < -0.4 is 14.8 Å². The Balaban J connectivity index is 1.93. The van der Waals surface area contributed by atoms with E-state index < -0.39 is 12.0 Å². The molecule has 186 valence electrons. The number of allylic oxidation sites excluding steroid dienone is 1. The predicted molar refractivity (Wildman–Crippen MR) is 131 cm³/mol. The summed E-state index contributed by atoms with van der Waals surface area (Å²) in [5, 5.41) is 40.8. The number of amides is 1. The maximum atomic E-state index is 13.4. The Kier molecular flexibility index (Phi) is 6.97. The fourth-order valence-corrected chi connectivity index (χ4v) is 4.59. The second kappa shape index (κ2) is 9.80. The van der Waals surface area contributed by atoms with E-state index in [9.17, 15) is 20.1 Å². The highest BCUT2D eigenvalue weighted by atomic mass is 32.1. The van der Waals surface area contributed by atoms with E-state index in [1.165, 1.54) is 11.3 Å². The predicted octanol–water partition coefficient (Wildman–Crippen LogP) is 2.17. The molecule has 1 aliphatic rings. The zero-order valence-corrected chi connectivity index (χ0v) is 20.7. The summed E-state index contributed by atoms with van der Waals surface area (Å²) < 4.78 is 13.2. The molecule has 35 heavy (non-hydrogen) atoms. The average Bonchev–Trinajstić information content (AvgIpc) is 3.45. The summed E-state index contributed by atoms with van der Waals surface area (Å²) >= 11 is 1.48. The van der Waals surface area contributed by atoms with Gasteiger partial charge >= 0.3 is 6.10 Å². The van der Waals surface area contributed by atoms with Gasteiger partial charge in [0.15, 0.2) is 5.69 Å². The number of thiophene rings is 1. The molecular formula is C24H28N4O6S. The summed E-state index contributed by atoms with van der Waals surface area (Å²) in [6.07, 6.45) is -1.37. The highest BCUT2D eigenvalue weighted by Crippen LogP contribution is 2.44. The van der Waals surface area contributed by atoms with Crippen molar-refractivity contribution in [3.63, 3.8) is 0 Å². The number of fused-ring (bicyclic) bond motifs is 3. The lowest BCUT2D eigenvalue weighted by molar-refractivity contribution is -0.377. The highest BCUT2D eigenvalue weighted by molar-refractivity contribution is 7.08. The second-order valence-corrected chi connectivity index (χ2v) is 9.11. The molecular weight excluding hydrogens is 472 g/mol. The van der Waals surface area contributed by atoms with Gasteiger partial charge in [-0.25, -0.2) is 4.68 Å². The molecule has 4 N–H and O–H groups in total. The normalized spacial score (nSPS) is 12.4. The molecule has 0 saturated carbocycles. The summed E-state index contributed by atoms with van der Waals surface area (Å²) in [7, 11) is 3.24. The minimum atomic E-state index is -3.36. The second-order valence-electron chi connectivity index (χ2n) is 8.33. The van der Waals surface area contributed by atoms with Crippen molar-refractivity contribution in [3.05, 3.63) is 51.4 Å². The number of hydrogen-bond donors (Lipinski definition) is 4. The molecule has 0 bridgehead atoms. The first-order valence-electron chi connectivity index (χ1n) is 10.9. The molecule has 1 aromatic carbocycles. The smallest absolute Gasteiger partial charge is 0.372 e. The van der Waals surface area contributed by atoms with Crippen molar-refractivity contribution in [2.24, 2.45) is 0 Å². The third-order valence-corrected chi connectivity index (χ3v) is 6.20. The van der Waals surface area contributed by atoms with E-state index in [2.05, 4.69) is 10.4 Å². The number of nitrogens with one attached hydrogen (secondary N) is 1.